The van der Waals surface area contributed by atoms with E-state index in [2.05, 4.69) is 4.98 Å². The molecule has 0 bridgehead atoms. The summed E-state index contributed by atoms with van der Waals surface area (Å²) in [6.45, 7) is 0. The van der Waals surface area contributed by atoms with Crippen molar-refractivity contribution in [3.8, 4) is 5.75 Å². The number of ketones is 1. The molecule has 0 amide bonds. The predicted octanol–water partition coefficient (Wildman–Crippen LogP) is 3.67. The summed E-state index contributed by atoms with van der Waals surface area (Å²) in [5.41, 5.74) is 1.54. The Morgan fingerprint density at radius 3 is 2.67 bits per heavy atom. The number of fused-ring (bicyclic) bond motifs is 1. The molecule has 0 N–H and O–H groups in total. The normalized spacial score (nSPS) is 10.5. The zero-order valence-electron chi connectivity index (χ0n) is 11.7. The molecule has 3 heteroatoms. The molecule has 3 rings (SSSR count). The number of pyridine rings is 1. The van der Waals surface area contributed by atoms with Crippen molar-refractivity contribution in [3.63, 3.8) is 0 Å². The minimum absolute atomic E-state index is 0.0452. The molecule has 0 atom stereocenters. The molecule has 0 aliphatic carbocycles. The van der Waals surface area contributed by atoms with Gasteiger partial charge in [-0.2, -0.15) is 0 Å². The van der Waals surface area contributed by atoms with E-state index in [1.54, 1.807) is 19.5 Å². The average Bonchev–Trinajstić information content (AvgIpc) is 2.54. The third kappa shape index (κ3) is 2.63. The molecule has 0 aliphatic heterocycles. The Balaban J connectivity index is 1.98. The van der Waals surface area contributed by atoms with Crippen LogP contribution in [-0.4, -0.2) is 17.9 Å². The third-order valence-electron chi connectivity index (χ3n) is 3.51. The number of carbonyl (C=O) groups is 1. The van der Waals surface area contributed by atoms with Crippen LogP contribution in [-0.2, 0) is 6.42 Å². The molecule has 1 aromatic heterocycles. The van der Waals surface area contributed by atoms with Crippen molar-refractivity contribution in [1.29, 1.82) is 0 Å². The highest BCUT2D eigenvalue weighted by Gasteiger charge is 2.13. The summed E-state index contributed by atoms with van der Waals surface area (Å²) in [4.78, 5) is 16.8. The Bertz CT molecular complexity index is 791. The first-order valence-electron chi connectivity index (χ1n) is 6.77. The van der Waals surface area contributed by atoms with E-state index < -0.39 is 0 Å². The lowest BCUT2D eigenvalue weighted by atomic mass is 9.99. The second-order valence-corrected chi connectivity index (χ2v) is 4.82. The van der Waals surface area contributed by atoms with Gasteiger partial charge in [-0.1, -0.05) is 42.5 Å². The largest absolute Gasteiger partial charge is 0.496 e. The second-order valence-electron chi connectivity index (χ2n) is 4.82. The molecule has 3 nitrogen and oxygen atoms in total. The standard InChI is InChI=1S/C18H15NO2/c1-21-18-9-5-3-6-13(18)10-17(20)16-12-19-11-14-7-2-4-8-15(14)16/h2-9,11-12H,10H2,1H3. The highest BCUT2D eigenvalue weighted by atomic mass is 16.5. The summed E-state index contributed by atoms with van der Waals surface area (Å²) in [6.07, 6.45) is 3.72. The van der Waals surface area contributed by atoms with E-state index in [4.69, 9.17) is 4.74 Å². The molecule has 0 fully saturated rings. The molecule has 104 valence electrons. The van der Waals surface area contributed by atoms with Crippen LogP contribution in [0.5, 0.6) is 5.75 Å². The monoisotopic (exact) mass is 277 g/mol. The maximum absolute atomic E-state index is 12.6. The third-order valence-corrected chi connectivity index (χ3v) is 3.51. The van der Waals surface area contributed by atoms with Crippen LogP contribution < -0.4 is 4.74 Å². The Hall–Kier alpha value is -2.68. The molecule has 0 aliphatic rings. The number of hydrogen-bond acceptors (Lipinski definition) is 3. The number of para-hydroxylation sites is 1. The molecular weight excluding hydrogens is 262 g/mol. The van der Waals surface area contributed by atoms with Gasteiger partial charge in [0.05, 0.1) is 7.11 Å². The molecule has 1 heterocycles. The Morgan fingerprint density at radius 2 is 1.81 bits per heavy atom. The van der Waals surface area contributed by atoms with Gasteiger partial charge in [-0.25, -0.2) is 0 Å². The number of hydrogen-bond donors (Lipinski definition) is 0. The molecule has 0 spiro atoms. The van der Waals surface area contributed by atoms with Crippen LogP contribution in [0.4, 0.5) is 0 Å². The fourth-order valence-corrected chi connectivity index (χ4v) is 2.46. The van der Waals surface area contributed by atoms with Crippen molar-refractivity contribution in [2.45, 2.75) is 6.42 Å². The lowest BCUT2D eigenvalue weighted by Crippen LogP contribution is -2.06. The summed E-state index contributed by atoms with van der Waals surface area (Å²) >= 11 is 0. The Morgan fingerprint density at radius 1 is 1.05 bits per heavy atom. The molecule has 0 unspecified atom stereocenters. The summed E-state index contributed by atoms with van der Waals surface area (Å²) in [6, 6.07) is 15.4. The fourth-order valence-electron chi connectivity index (χ4n) is 2.46. The fraction of sp³-hybridized carbons (Fsp3) is 0.111. The zero-order valence-corrected chi connectivity index (χ0v) is 11.7. The van der Waals surface area contributed by atoms with Crippen LogP contribution in [0, 0.1) is 0 Å². The summed E-state index contributed by atoms with van der Waals surface area (Å²) in [5.74, 6) is 0.780. The summed E-state index contributed by atoms with van der Waals surface area (Å²) in [7, 11) is 1.61. The average molecular weight is 277 g/mol. The number of benzene rings is 2. The molecule has 0 radical (unpaired) electrons. The number of methoxy groups -OCH3 is 1. The van der Waals surface area contributed by atoms with Crippen LogP contribution in [0.3, 0.4) is 0 Å². The van der Waals surface area contributed by atoms with Gasteiger partial charge >= 0.3 is 0 Å². The van der Waals surface area contributed by atoms with Gasteiger partial charge in [0.15, 0.2) is 5.78 Å². The summed E-state index contributed by atoms with van der Waals surface area (Å²) < 4.78 is 5.30. The topological polar surface area (TPSA) is 39.2 Å². The molecule has 0 saturated heterocycles. The molecular formula is C18H15NO2. The maximum Gasteiger partial charge on any atom is 0.169 e. The van der Waals surface area contributed by atoms with Crippen LogP contribution in [0.25, 0.3) is 10.8 Å². The lowest BCUT2D eigenvalue weighted by Gasteiger charge is -2.08. The van der Waals surface area contributed by atoms with Crippen LogP contribution >= 0.6 is 0 Å². The van der Waals surface area contributed by atoms with Gasteiger partial charge in [0.2, 0.25) is 0 Å². The van der Waals surface area contributed by atoms with Crippen molar-refractivity contribution in [2.24, 2.45) is 0 Å². The van der Waals surface area contributed by atoms with E-state index in [-0.39, 0.29) is 5.78 Å². The van der Waals surface area contributed by atoms with E-state index in [1.165, 1.54) is 0 Å². The van der Waals surface area contributed by atoms with Gasteiger partial charge in [0.25, 0.3) is 0 Å². The number of nitrogens with zero attached hydrogens (tertiary/aromatic N) is 1. The van der Waals surface area contributed by atoms with Crippen LogP contribution in [0.2, 0.25) is 0 Å². The zero-order chi connectivity index (χ0) is 14.7. The van der Waals surface area contributed by atoms with E-state index in [9.17, 15) is 4.79 Å². The van der Waals surface area contributed by atoms with Crippen molar-refractivity contribution in [2.75, 3.05) is 7.11 Å². The first kappa shape index (κ1) is 13.3. The van der Waals surface area contributed by atoms with E-state index >= 15 is 0 Å². The van der Waals surface area contributed by atoms with Crippen molar-refractivity contribution < 1.29 is 9.53 Å². The summed E-state index contributed by atoms with van der Waals surface area (Å²) in [5, 5.41) is 1.91. The minimum atomic E-state index is 0.0452. The molecule has 3 aromatic rings. The maximum atomic E-state index is 12.6. The SMILES string of the molecule is COc1ccccc1CC(=O)c1cncc2ccccc12. The highest BCUT2D eigenvalue weighted by Crippen LogP contribution is 2.22. The number of rotatable bonds is 4. The first-order chi connectivity index (χ1) is 10.3. The second kappa shape index (κ2) is 5.75. The van der Waals surface area contributed by atoms with Crippen LogP contribution in [0.1, 0.15) is 15.9 Å². The smallest absolute Gasteiger partial charge is 0.169 e. The van der Waals surface area contributed by atoms with Crippen molar-refractivity contribution >= 4 is 16.6 Å². The number of Topliss-reactive ketones (excluding diaryl/α,β-unsaturated/α-hetero) is 1. The van der Waals surface area contributed by atoms with Gasteiger partial charge < -0.3 is 4.74 Å². The molecule has 0 saturated carbocycles. The van der Waals surface area contributed by atoms with E-state index in [1.807, 2.05) is 48.5 Å². The predicted molar refractivity (Wildman–Crippen MR) is 82.8 cm³/mol. The van der Waals surface area contributed by atoms with Gasteiger partial charge in [-0.15, -0.1) is 0 Å². The van der Waals surface area contributed by atoms with E-state index in [0.29, 0.717) is 12.0 Å². The van der Waals surface area contributed by atoms with Crippen molar-refractivity contribution in [1.82, 2.24) is 4.98 Å². The number of carbonyl (C=O) groups excluding carboxylic acids is 1. The quantitative estimate of drug-likeness (QED) is 0.683. The number of aromatic nitrogens is 1. The van der Waals surface area contributed by atoms with E-state index in [0.717, 1.165) is 22.1 Å². The minimum Gasteiger partial charge on any atom is -0.496 e. The Kier molecular flexibility index (Phi) is 3.65. The highest BCUT2D eigenvalue weighted by molar-refractivity contribution is 6.08. The molecule has 21 heavy (non-hydrogen) atoms. The Labute approximate surface area is 123 Å². The van der Waals surface area contributed by atoms with Gasteiger partial charge in [-0.3, -0.25) is 9.78 Å². The first-order valence-corrected chi connectivity index (χ1v) is 6.77. The van der Waals surface area contributed by atoms with Gasteiger partial charge in [0, 0.05) is 35.3 Å². The van der Waals surface area contributed by atoms with Gasteiger partial charge in [0.1, 0.15) is 5.75 Å². The number of ether oxygens (including phenoxy) is 1. The van der Waals surface area contributed by atoms with Crippen molar-refractivity contribution in [3.05, 3.63) is 72.1 Å². The molecule has 2 aromatic carbocycles. The van der Waals surface area contributed by atoms with Crippen LogP contribution in [0.15, 0.2) is 60.9 Å². The van der Waals surface area contributed by atoms with Gasteiger partial charge in [-0.05, 0) is 11.5 Å². The lowest BCUT2D eigenvalue weighted by molar-refractivity contribution is 0.0993.